The third kappa shape index (κ3) is 7.62. The van der Waals surface area contributed by atoms with Gasteiger partial charge in [-0.3, -0.25) is 4.79 Å². The van der Waals surface area contributed by atoms with E-state index in [-0.39, 0.29) is 48.9 Å². The van der Waals surface area contributed by atoms with E-state index in [0.717, 1.165) is 54.5 Å². The predicted octanol–water partition coefficient (Wildman–Crippen LogP) is 11.9. The normalized spacial score (nSPS) is 14.4. The Morgan fingerprint density at radius 3 is 2.13 bits per heavy atom. The van der Waals surface area contributed by atoms with Crippen LogP contribution in [-0.4, -0.2) is 15.9 Å². The van der Waals surface area contributed by atoms with Crippen molar-refractivity contribution in [2.45, 2.75) is 120 Å². The molecule has 0 spiro atoms. The molecule has 0 aliphatic heterocycles. The fourth-order valence-electron chi connectivity index (χ4n) is 7.03. The Labute approximate surface area is 297 Å². The monoisotopic (exact) mass is 815 g/mol. The molecule has 0 amide bonds. The summed E-state index contributed by atoms with van der Waals surface area (Å²) in [7, 11) is 0. The van der Waals surface area contributed by atoms with Gasteiger partial charge in [-0.05, 0) is 72.1 Å². The molecule has 0 saturated carbocycles. The van der Waals surface area contributed by atoms with Gasteiger partial charge in [-0.1, -0.05) is 88.3 Å². The number of ketones is 1. The summed E-state index contributed by atoms with van der Waals surface area (Å²) in [6.07, 6.45) is 7.90. The third-order valence-electron chi connectivity index (χ3n) is 10.4. The first-order chi connectivity index (χ1) is 21.8. The van der Waals surface area contributed by atoms with Gasteiger partial charge in [0.15, 0.2) is 5.78 Å². The number of allylic oxidation sites excluding steroid dienone is 2. The van der Waals surface area contributed by atoms with Crippen LogP contribution in [0.1, 0.15) is 130 Å². The second-order valence-electron chi connectivity index (χ2n) is 14.6. The van der Waals surface area contributed by atoms with E-state index < -0.39 is 0 Å². The Morgan fingerprint density at radius 2 is 1.55 bits per heavy atom. The number of hydrogen-bond donors (Lipinski definition) is 1. The zero-order chi connectivity index (χ0) is 33.9. The zero-order valence-electron chi connectivity index (χ0n) is 30.5. The third-order valence-corrected chi connectivity index (χ3v) is 10.4. The average Bonchev–Trinajstić information content (AvgIpc) is 3.39. The van der Waals surface area contributed by atoms with Crippen LogP contribution in [0.25, 0.3) is 33.2 Å². The summed E-state index contributed by atoms with van der Waals surface area (Å²) in [5.74, 6) is 2.04. The molecule has 0 bridgehead atoms. The standard InChI is InChI=1S/C29H32NO.C13H24O2.Ir/c1-16(2)14-19-15-30-26-21-10-8-9-11-22(21)29(6,7)23-13-12-20(18(5)17(3)4)28-24(23)25(26)27(19)31-28;1-5-10(6-2)12(14)9-13(15)11(7-3)8-4;/h8-9,11-13,15-18H,14H2,1-7H3;9-11,14H,5-8H2,1-4H3;/q-1;;/b;12-9-;. The quantitative estimate of drug-likeness (QED) is 0.0931. The van der Waals surface area contributed by atoms with E-state index in [9.17, 15) is 9.90 Å². The molecule has 257 valence electrons. The number of carbonyl (C=O) groups is 1. The first kappa shape index (κ1) is 38.7. The number of hydrogen-bond acceptors (Lipinski definition) is 4. The summed E-state index contributed by atoms with van der Waals surface area (Å²) < 4.78 is 6.80. The maximum Gasteiger partial charge on any atom is 0.162 e. The van der Waals surface area contributed by atoms with Crippen molar-refractivity contribution in [2.75, 3.05) is 0 Å². The molecule has 4 nitrogen and oxygen atoms in total. The van der Waals surface area contributed by atoms with E-state index in [1.54, 1.807) is 0 Å². The molecular formula is C42H56IrNO3-. The maximum absolute atomic E-state index is 11.7. The van der Waals surface area contributed by atoms with Gasteiger partial charge in [0.05, 0.1) is 5.76 Å². The topological polar surface area (TPSA) is 63.3 Å². The molecule has 4 aromatic rings. The number of aliphatic hydroxyl groups is 1. The van der Waals surface area contributed by atoms with Crippen LogP contribution in [0.4, 0.5) is 0 Å². The van der Waals surface area contributed by atoms with Crippen molar-refractivity contribution >= 4 is 27.7 Å². The van der Waals surface area contributed by atoms with E-state index in [4.69, 9.17) is 9.40 Å². The number of rotatable bonds is 11. The van der Waals surface area contributed by atoms with Crippen LogP contribution >= 0.6 is 0 Å². The molecule has 0 fully saturated rings. The van der Waals surface area contributed by atoms with Gasteiger partial charge in [0.25, 0.3) is 0 Å². The molecule has 5 rings (SSSR count). The Balaban J connectivity index is 0.000000322. The van der Waals surface area contributed by atoms with Crippen molar-refractivity contribution in [3.8, 4) is 11.3 Å². The molecule has 5 heteroatoms. The van der Waals surface area contributed by atoms with Crippen molar-refractivity contribution in [3.63, 3.8) is 0 Å². The van der Waals surface area contributed by atoms with E-state index in [1.165, 1.54) is 39.1 Å². The summed E-state index contributed by atoms with van der Waals surface area (Å²) in [4.78, 5) is 16.7. The number of nitrogens with zero attached hydrogens (tertiary/aromatic N) is 1. The summed E-state index contributed by atoms with van der Waals surface area (Å²) in [6.45, 7) is 24.1. The van der Waals surface area contributed by atoms with Crippen molar-refractivity contribution < 1.29 is 34.4 Å². The minimum atomic E-state index is -0.166. The number of benzene rings is 2. The molecule has 2 aromatic carbocycles. The van der Waals surface area contributed by atoms with Crippen LogP contribution in [-0.2, 0) is 36.7 Å². The van der Waals surface area contributed by atoms with Gasteiger partial charge in [0, 0.05) is 60.5 Å². The van der Waals surface area contributed by atoms with Crippen molar-refractivity contribution in [1.82, 2.24) is 4.98 Å². The summed E-state index contributed by atoms with van der Waals surface area (Å²) >= 11 is 0. The number of fused-ring (bicyclic) bond motifs is 2. The predicted molar refractivity (Wildman–Crippen MR) is 194 cm³/mol. The first-order valence-corrected chi connectivity index (χ1v) is 17.6. The largest absolute Gasteiger partial charge is 0.512 e. The van der Waals surface area contributed by atoms with Crippen LogP contribution in [0, 0.1) is 29.7 Å². The summed E-state index contributed by atoms with van der Waals surface area (Å²) in [5.41, 5.74) is 9.12. The summed E-state index contributed by atoms with van der Waals surface area (Å²) in [5, 5.41) is 12.2. The van der Waals surface area contributed by atoms with Gasteiger partial charge in [-0.15, -0.1) is 35.4 Å². The molecule has 1 atom stereocenters. The Kier molecular flexibility index (Phi) is 13.3. The van der Waals surface area contributed by atoms with Crippen LogP contribution < -0.4 is 0 Å². The van der Waals surface area contributed by atoms with Crippen molar-refractivity contribution in [3.05, 3.63) is 76.7 Å². The fraction of sp³-hybridized carbons (Fsp3) is 0.524. The van der Waals surface area contributed by atoms with Crippen LogP contribution in [0.15, 0.2) is 52.8 Å². The van der Waals surface area contributed by atoms with Gasteiger partial charge in [0.2, 0.25) is 0 Å². The van der Waals surface area contributed by atoms with Crippen LogP contribution in [0.2, 0.25) is 0 Å². The Bertz CT molecular complexity index is 1700. The molecule has 47 heavy (non-hydrogen) atoms. The zero-order valence-corrected chi connectivity index (χ0v) is 32.9. The smallest absolute Gasteiger partial charge is 0.162 e. The Hall–Kier alpha value is -2.75. The van der Waals surface area contributed by atoms with Crippen molar-refractivity contribution in [1.29, 1.82) is 0 Å². The number of carbonyl (C=O) groups excluding carboxylic acids is 1. The molecule has 0 saturated heterocycles. The van der Waals surface area contributed by atoms with E-state index >= 15 is 0 Å². The molecule has 1 radical (unpaired) electrons. The number of furan rings is 1. The summed E-state index contributed by atoms with van der Waals surface area (Å²) in [6, 6.07) is 14.5. The number of aliphatic hydroxyl groups excluding tert-OH is 1. The number of aromatic nitrogens is 1. The molecule has 1 aliphatic rings. The average molecular weight is 815 g/mol. The van der Waals surface area contributed by atoms with Gasteiger partial charge >= 0.3 is 0 Å². The maximum atomic E-state index is 11.7. The van der Waals surface area contributed by atoms with Gasteiger partial charge in [-0.25, -0.2) is 0 Å². The van der Waals surface area contributed by atoms with E-state index in [0.29, 0.717) is 17.8 Å². The van der Waals surface area contributed by atoms with Gasteiger partial charge in [0.1, 0.15) is 11.2 Å². The van der Waals surface area contributed by atoms with E-state index in [2.05, 4.69) is 78.8 Å². The Morgan fingerprint density at radius 1 is 0.915 bits per heavy atom. The molecule has 2 heterocycles. The molecule has 1 unspecified atom stereocenters. The van der Waals surface area contributed by atoms with Crippen molar-refractivity contribution in [2.24, 2.45) is 23.7 Å². The second-order valence-corrected chi connectivity index (χ2v) is 14.6. The minimum Gasteiger partial charge on any atom is -0.512 e. The van der Waals surface area contributed by atoms with Crippen LogP contribution in [0.3, 0.4) is 0 Å². The van der Waals surface area contributed by atoms with E-state index in [1.807, 2.05) is 40.0 Å². The first-order valence-electron chi connectivity index (χ1n) is 17.6. The van der Waals surface area contributed by atoms with Crippen LogP contribution in [0.5, 0.6) is 0 Å². The molecule has 1 N–H and O–H groups in total. The van der Waals surface area contributed by atoms with Gasteiger partial charge < -0.3 is 14.5 Å². The van der Waals surface area contributed by atoms with Gasteiger partial charge in [-0.2, -0.15) is 0 Å². The minimum absolute atomic E-state index is 0. The number of pyridine rings is 1. The fourth-order valence-corrected chi connectivity index (χ4v) is 7.03. The molecule has 1 aliphatic carbocycles. The second kappa shape index (κ2) is 16.1. The molecular weight excluding hydrogens is 759 g/mol. The molecule has 2 aromatic heterocycles. The SMILES string of the molecule is CC(C)Cc1cnc2c3c1oc1c(C(C)C(C)C)ccc(c13)C(C)(C)c1ccc[c-]c1-2.CCC(CC)C(=O)/C=C(\O)C(CC)CC.[Ir].